The van der Waals surface area contributed by atoms with Crippen molar-refractivity contribution in [1.82, 2.24) is 4.90 Å². The molecule has 0 aliphatic carbocycles. The Balaban J connectivity index is 2.07. The minimum atomic E-state index is 0.0428. The molecule has 0 aromatic carbocycles. The first kappa shape index (κ1) is 13.6. The van der Waals surface area contributed by atoms with Gasteiger partial charge in [0.15, 0.2) is 0 Å². The van der Waals surface area contributed by atoms with Crippen molar-refractivity contribution in [3.05, 3.63) is 23.7 Å². The number of piperidine rings is 1. The first-order valence-electron chi connectivity index (χ1n) is 6.78. The van der Waals surface area contributed by atoms with Crippen LogP contribution in [0.25, 0.3) is 0 Å². The van der Waals surface area contributed by atoms with Crippen molar-refractivity contribution in [2.45, 2.75) is 38.8 Å². The molecule has 2 heterocycles. The van der Waals surface area contributed by atoms with Gasteiger partial charge in [0, 0.05) is 12.6 Å². The third-order valence-corrected chi connectivity index (χ3v) is 3.85. The Morgan fingerprint density at radius 3 is 2.56 bits per heavy atom. The molecule has 4 nitrogen and oxygen atoms in total. The molecule has 1 aromatic heterocycles. The van der Waals surface area contributed by atoms with E-state index in [1.165, 1.54) is 0 Å². The SMILES string of the molecule is Cc1ccc(C(C(C)N)N2CCC(CO)CC2)o1. The Bertz CT molecular complexity index is 368. The third kappa shape index (κ3) is 2.94. The number of aliphatic hydroxyl groups is 1. The monoisotopic (exact) mass is 252 g/mol. The highest BCUT2D eigenvalue weighted by atomic mass is 16.3. The van der Waals surface area contributed by atoms with Gasteiger partial charge < -0.3 is 15.3 Å². The van der Waals surface area contributed by atoms with E-state index < -0.39 is 0 Å². The van der Waals surface area contributed by atoms with Gasteiger partial charge in [-0.15, -0.1) is 0 Å². The molecule has 1 fully saturated rings. The number of aliphatic hydroxyl groups excluding tert-OH is 1. The number of aryl methyl sites for hydroxylation is 1. The molecule has 0 saturated carbocycles. The summed E-state index contributed by atoms with van der Waals surface area (Å²) in [5.41, 5.74) is 6.12. The molecule has 4 heteroatoms. The molecule has 2 rings (SSSR count). The fourth-order valence-electron chi connectivity index (χ4n) is 2.80. The summed E-state index contributed by atoms with van der Waals surface area (Å²) in [5.74, 6) is 2.35. The summed E-state index contributed by atoms with van der Waals surface area (Å²) in [4.78, 5) is 2.38. The maximum atomic E-state index is 9.18. The number of hydrogen-bond acceptors (Lipinski definition) is 4. The van der Waals surface area contributed by atoms with E-state index in [1.807, 2.05) is 26.0 Å². The lowest BCUT2D eigenvalue weighted by atomic mass is 9.94. The highest BCUT2D eigenvalue weighted by Gasteiger charge is 2.30. The van der Waals surface area contributed by atoms with Crippen molar-refractivity contribution < 1.29 is 9.52 Å². The summed E-state index contributed by atoms with van der Waals surface area (Å²) in [6.07, 6.45) is 2.08. The molecule has 0 spiro atoms. The average molecular weight is 252 g/mol. The standard InChI is InChI=1S/C14H24N2O2/c1-10-3-4-13(18-10)14(11(2)15)16-7-5-12(9-17)6-8-16/h3-4,11-12,14,17H,5-9,15H2,1-2H3. The van der Waals surface area contributed by atoms with E-state index in [2.05, 4.69) is 4.90 Å². The highest BCUT2D eigenvalue weighted by Crippen LogP contribution is 2.29. The van der Waals surface area contributed by atoms with Crippen molar-refractivity contribution >= 4 is 0 Å². The second kappa shape index (κ2) is 5.87. The molecule has 3 N–H and O–H groups in total. The van der Waals surface area contributed by atoms with Crippen molar-refractivity contribution in [1.29, 1.82) is 0 Å². The molecule has 0 amide bonds. The smallest absolute Gasteiger partial charge is 0.122 e. The van der Waals surface area contributed by atoms with E-state index in [0.717, 1.165) is 37.5 Å². The van der Waals surface area contributed by atoms with Crippen LogP contribution in [-0.4, -0.2) is 35.7 Å². The van der Waals surface area contributed by atoms with Crippen LogP contribution in [0.1, 0.15) is 37.3 Å². The first-order chi connectivity index (χ1) is 8.61. The quantitative estimate of drug-likeness (QED) is 0.856. The number of likely N-dealkylation sites (tertiary alicyclic amines) is 1. The lowest BCUT2D eigenvalue weighted by Gasteiger charge is -2.37. The third-order valence-electron chi connectivity index (χ3n) is 3.85. The lowest BCUT2D eigenvalue weighted by molar-refractivity contribution is 0.0817. The van der Waals surface area contributed by atoms with Crippen LogP contribution in [0.4, 0.5) is 0 Å². The molecule has 1 aromatic rings. The van der Waals surface area contributed by atoms with Crippen LogP contribution in [0.15, 0.2) is 16.5 Å². The van der Waals surface area contributed by atoms with Crippen LogP contribution in [0.2, 0.25) is 0 Å². The van der Waals surface area contributed by atoms with Gasteiger partial charge in [0.2, 0.25) is 0 Å². The van der Waals surface area contributed by atoms with Crippen LogP contribution in [0.3, 0.4) is 0 Å². The number of furan rings is 1. The predicted octanol–water partition coefficient (Wildman–Crippen LogP) is 1.68. The van der Waals surface area contributed by atoms with Gasteiger partial charge in [-0.05, 0) is 57.8 Å². The van der Waals surface area contributed by atoms with Gasteiger partial charge in [0.1, 0.15) is 11.5 Å². The Morgan fingerprint density at radius 1 is 1.44 bits per heavy atom. The Hall–Kier alpha value is -0.840. The van der Waals surface area contributed by atoms with Crippen LogP contribution < -0.4 is 5.73 Å². The molecule has 2 unspecified atom stereocenters. The molecule has 0 bridgehead atoms. The summed E-state index contributed by atoms with van der Waals surface area (Å²) < 4.78 is 5.74. The molecule has 0 radical (unpaired) electrons. The van der Waals surface area contributed by atoms with Crippen LogP contribution in [0.5, 0.6) is 0 Å². The van der Waals surface area contributed by atoms with Crippen molar-refractivity contribution in [3.63, 3.8) is 0 Å². The molecular formula is C14H24N2O2. The molecule has 102 valence electrons. The average Bonchev–Trinajstić information content (AvgIpc) is 2.76. The number of nitrogens with two attached hydrogens (primary N) is 1. The van der Waals surface area contributed by atoms with Gasteiger partial charge in [-0.2, -0.15) is 0 Å². The summed E-state index contributed by atoms with van der Waals surface area (Å²) in [6.45, 7) is 6.26. The molecule has 1 aliphatic rings. The Morgan fingerprint density at radius 2 is 2.11 bits per heavy atom. The zero-order valence-electron chi connectivity index (χ0n) is 11.3. The lowest BCUT2D eigenvalue weighted by Crippen LogP contribution is -2.44. The zero-order chi connectivity index (χ0) is 13.1. The highest BCUT2D eigenvalue weighted by molar-refractivity contribution is 5.12. The first-order valence-corrected chi connectivity index (χ1v) is 6.78. The second-order valence-corrected chi connectivity index (χ2v) is 5.41. The maximum Gasteiger partial charge on any atom is 0.122 e. The molecular weight excluding hydrogens is 228 g/mol. The Kier molecular flexibility index (Phi) is 4.43. The summed E-state index contributed by atoms with van der Waals surface area (Å²) in [5, 5.41) is 9.18. The molecule has 18 heavy (non-hydrogen) atoms. The zero-order valence-corrected chi connectivity index (χ0v) is 11.3. The summed E-state index contributed by atoms with van der Waals surface area (Å²) in [7, 11) is 0. The predicted molar refractivity (Wildman–Crippen MR) is 71.2 cm³/mol. The number of hydrogen-bond donors (Lipinski definition) is 2. The van der Waals surface area contributed by atoms with Gasteiger partial charge in [0.05, 0.1) is 6.04 Å². The fourth-order valence-corrected chi connectivity index (χ4v) is 2.80. The molecule has 1 saturated heterocycles. The van der Waals surface area contributed by atoms with E-state index in [4.69, 9.17) is 10.2 Å². The van der Waals surface area contributed by atoms with E-state index >= 15 is 0 Å². The Labute approximate surface area is 109 Å². The van der Waals surface area contributed by atoms with Gasteiger partial charge in [-0.1, -0.05) is 0 Å². The van der Waals surface area contributed by atoms with E-state index in [1.54, 1.807) is 0 Å². The van der Waals surface area contributed by atoms with Crippen LogP contribution in [-0.2, 0) is 0 Å². The topological polar surface area (TPSA) is 62.6 Å². The van der Waals surface area contributed by atoms with Crippen LogP contribution in [0, 0.1) is 12.8 Å². The normalized spacial score (nSPS) is 22.0. The van der Waals surface area contributed by atoms with Gasteiger partial charge in [-0.25, -0.2) is 0 Å². The van der Waals surface area contributed by atoms with Gasteiger partial charge >= 0.3 is 0 Å². The number of nitrogens with zero attached hydrogens (tertiary/aromatic N) is 1. The minimum Gasteiger partial charge on any atom is -0.465 e. The molecule has 1 aliphatic heterocycles. The van der Waals surface area contributed by atoms with E-state index in [-0.39, 0.29) is 12.1 Å². The second-order valence-electron chi connectivity index (χ2n) is 5.41. The maximum absolute atomic E-state index is 9.18. The van der Waals surface area contributed by atoms with Crippen molar-refractivity contribution in [2.75, 3.05) is 19.7 Å². The van der Waals surface area contributed by atoms with Crippen LogP contribution >= 0.6 is 0 Å². The minimum absolute atomic E-state index is 0.0428. The summed E-state index contributed by atoms with van der Waals surface area (Å²) >= 11 is 0. The van der Waals surface area contributed by atoms with Crippen molar-refractivity contribution in [2.24, 2.45) is 11.7 Å². The largest absolute Gasteiger partial charge is 0.465 e. The van der Waals surface area contributed by atoms with E-state index in [9.17, 15) is 5.11 Å². The van der Waals surface area contributed by atoms with Gasteiger partial charge in [-0.3, -0.25) is 4.90 Å². The summed E-state index contributed by atoms with van der Waals surface area (Å²) in [6, 6.07) is 4.21. The van der Waals surface area contributed by atoms with Gasteiger partial charge in [0.25, 0.3) is 0 Å². The molecule has 2 atom stereocenters. The van der Waals surface area contributed by atoms with Crippen molar-refractivity contribution in [3.8, 4) is 0 Å². The number of rotatable bonds is 4. The fraction of sp³-hybridized carbons (Fsp3) is 0.714. The van der Waals surface area contributed by atoms with E-state index in [0.29, 0.717) is 12.5 Å².